The van der Waals surface area contributed by atoms with Gasteiger partial charge < -0.3 is 9.84 Å². The third-order valence-electron chi connectivity index (χ3n) is 3.45. The predicted octanol–water partition coefficient (Wildman–Crippen LogP) is 3.40. The number of hydrogen-bond donors (Lipinski definition) is 1. The maximum Gasteiger partial charge on any atom is 0.131 e. The molecule has 2 aromatic rings. The van der Waals surface area contributed by atoms with Crippen molar-refractivity contribution in [2.45, 2.75) is 38.9 Å². The lowest BCUT2D eigenvalue weighted by molar-refractivity contribution is 0.156. The molecule has 1 aromatic carbocycles. The molecule has 0 saturated heterocycles. The summed E-state index contributed by atoms with van der Waals surface area (Å²) in [6.45, 7) is 2.50. The van der Waals surface area contributed by atoms with E-state index >= 15 is 0 Å². The summed E-state index contributed by atoms with van der Waals surface area (Å²) >= 11 is 1.64. The molecule has 0 amide bonds. The van der Waals surface area contributed by atoms with Gasteiger partial charge in [-0.25, -0.2) is 4.98 Å². The highest BCUT2D eigenvalue weighted by atomic mass is 32.1. The van der Waals surface area contributed by atoms with Crippen LogP contribution in [0.4, 0.5) is 0 Å². The Hall–Kier alpha value is -1.39. The number of benzene rings is 1. The Kier molecular flexibility index (Phi) is 3.53. The van der Waals surface area contributed by atoms with Gasteiger partial charge in [0.1, 0.15) is 12.4 Å². The van der Waals surface area contributed by atoms with Gasteiger partial charge in [-0.3, -0.25) is 0 Å². The van der Waals surface area contributed by atoms with Crippen LogP contribution in [0.2, 0.25) is 0 Å². The van der Waals surface area contributed by atoms with E-state index in [1.807, 2.05) is 24.4 Å². The summed E-state index contributed by atoms with van der Waals surface area (Å²) in [7, 11) is 0. The van der Waals surface area contributed by atoms with E-state index in [0.717, 1.165) is 41.3 Å². The van der Waals surface area contributed by atoms with E-state index < -0.39 is 0 Å². The van der Waals surface area contributed by atoms with Crippen molar-refractivity contribution >= 4 is 11.3 Å². The number of aliphatic hydroxyl groups is 1. The van der Waals surface area contributed by atoms with Crippen molar-refractivity contribution in [1.29, 1.82) is 0 Å². The quantitative estimate of drug-likeness (QED) is 0.933. The molecule has 4 heteroatoms. The minimum absolute atomic E-state index is 0.306. The first-order valence-corrected chi connectivity index (χ1v) is 7.45. The summed E-state index contributed by atoms with van der Waals surface area (Å²) in [4.78, 5) is 4.38. The summed E-state index contributed by atoms with van der Waals surface area (Å²) < 4.78 is 5.77. The Morgan fingerprint density at radius 2 is 2.37 bits per heavy atom. The molecule has 1 aromatic heterocycles. The Morgan fingerprint density at radius 1 is 1.47 bits per heavy atom. The van der Waals surface area contributed by atoms with Gasteiger partial charge in [-0.2, -0.15) is 0 Å². The van der Waals surface area contributed by atoms with Crippen LogP contribution < -0.4 is 4.74 Å². The number of aromatic nitrogens is 1. The molecule has 100 valence electrons. The number of hydrogen-bond acceptors (Lipinski definition) is 4. The van der Waals surface area contributed by atoms with Crippen molar-refractivity contribution in [3.8, 4) is 5.75 Å². The topological polar surface area (TPSA) is 42.4 Å². The second-order valence-corrected chi connectivity index (χ2v) is 5.98. The summed E-state index contributed by atoms with van der Waals surface area (Å²) in [5, 5.41) is 13.0. The van der Waals surface area contributed by atoms with Gasteiger partial charge in [0, 0.05) is 5.38 Å². The van der Waals surface area contributed by atoms with E-state index in [-0.39, 0.29) is 6.10 Å². The zero-order chi connectivity index (χ0) is 13.2. The maximum absolute atomic E-state index is 9.91. The lowest BCUT2D eigenvalue weighted by Gasteiger charge is -2.21. The Labute approximate surface area is 116 Å². The van der Waals surface area contributed by atoms with Gasteiger partial charge in [0.25, 0.3) is 0 Å². The highest BCUT2D eigenvalue weighted by Crippen LogP contribution is 2.32. The molecule has 0 bridgehead atoms. The fourth-order valence-electron chi connectivity index (χ4n) is 2.49. The Balaban J connectivity index is 1.72. The molecule has 0 aliphatic heterocycles. The first kappa shape index (κ1) is 12.6. The molecule has 19 heavy (non-hydrogen) atoms. The number of aryl methyl sites for hydroxylation is 2. The summed E-state index contributed by atoms with van der Waals surface area (Å²) in [6.07, 6.45) is 2.63. The molecule has 1 aliphatic rings. The van der Waals surface area contributed by atoms with E-state index in [1.165, 1.54) is 5.56 Å². The van der Waals surface area contributed by atoms with Gasteiger partial charge in [-0.05, 0) is 49.4 Å². The van der Waals surface area contributed by atoms with E-state index in [4.69, 9.17) is 4.74 Å². The molecule has 3 nitrogen and oxygen atoms in total. The average Bonchev–Trinajstić information content (AvgIpc) is 2.82. The lowest BCUT2D eigenvalue weighted by atomic mass is 9.89. The number of thiazole rings is 1. The largest absolute Gasteiger partial charge is 0.487 e. The third-order valence-corrected chi connectivity index (χ3v) is 4.27. The number of nitrogens with zero attached hydrogens (tertiary/aromatic N) is 1. The highest BCUT2D eigenvalue weighted by Gasteiger charge is 2.18. The molecule has 1 N–H and O–H groups in total. The molecule has 1 unspecified atom stereocenters. The molecule has 0 spiro atoms. The average molecular weight is 275 g/mol. The van der Waals surface area contributed by atoms with Crippen LogP contribution in [0, 0.1) is 6.92 Å². The van der Waals surface area contributed by atoms with Crippen LogP contribution in [-0.4, -0.2) is 10.1 Å². The fraction of sp³-hybridized carbons (Fsp3) is 0.400. The van der Waals surface area contributed by atoms with Gasteiger partial charge in [-0.1, -0.05) is 6.07 Å². The van der Waals surface area contributed by atoms with Crippen molar-refractivity contribution in [3.63, 3.8) is 0 Å². The van der Waals surface area contributed by atoms with Gasteiger partial charge in [0.15, 0.2) is 0 Å². The van der Waals surface area contributed by atoms with Gasteiger partial charge in [0.05, 0.1) is 16.8 Å². The van der Waals surface area contributed by atoms with Crippen molar-refractivity contribution in [3.05, 3.63) is 45.4 Å². The molecule has 1 atom stereocenters. The molecule has 1 aliphatic carbocycles. The minimum Gasteiger partial charge on any atom is -0.487 e. The van der Waals surface area contributed by atoms with E-state index in [9.17, 15) is 5.11 Å². The minimum atomic E-state index is -0.306. The number of aliphatic hydroxyl groups excluding tert-OH is 1. The Bertz CT molecular complexity index is 579. The standard InChI is InChI=1S/C15H17NO2S/c1-10-16-12(9-19-10)8-18-13-5-6-14-11(7-13)3-2-4-15(14)17/h5-7,9,15,17H,2-4,8H2,1H3. The highest BCUT2D eigenvalue weighted by molar-refractivity contribution is 7.09. The van der Waals surface area contributed by atoms with E-state index in [0.29, 0.717) is 6.61 Å². The summed E-state index contributed by atoms with van der Waals surface area (Å²) in [5.41, 5.74) is 3.24. The Morgan fingerprint density at radius 3 is 3.16 bits per heavy atom. The van der Waals surface area contributed by atoms with Crippen LogP contribution in [0.1, 0.15) is 40.8 Å². The van der Waals surface area contributed by atoms with Crippen LogP contribution in [0.3, 0.4) is 0 Å². The van der Waals surface area contributed by atoms with Crippen LogP contribution in [0.15, 0.2) is 23.6 Å². The second-order valence-electron chi connectivity index (χ2n) is 4.92. The molecular formula is C15H17NO2S. The number of fused-ring (bicyclic) bond motifs is 1. The van der Waals surface area contributed by atoms with Gasteiger partial charge in [0.2, 0.25) is 0 Å². The maximum atomic E-state index is 9.91. The van der Waals surface area contributed by atoms with Crippen molar-refractivity contribution in [1.82, 2.24) is 4.98 Å². The predicted molar refractivity (Wildman–Crippen MR) is 75.5 cm³/mol. The first-order chi connectivity index (χ1) is 9.22. The number of ether oxygens (including phenoxy) is 1. The molecule has 3 rings (SSSR count). The monoisotopic (exact) mass is 275 g/mol. The molecule has 1 heterocycles. The molecule has 0 radical (unpaired) electrons. The van der Waals surface area contributed by atoms with Gasteiger partial charge in [-0.15, -0.1) is 11.3 Å². The zero-order valence-corrected chi connectivity index (χ0v) is 11.7. The van der Waals surface area contributed by atoms with E-state index in [2.05, 4.69) is 11.1 Å². The molecular weight excluding hydrogens is 258 g/mol. The summed E-state index contributed by atoms with van der Waals surface area (Å²) in [5.74, 6) is 0.860. The van der Waals surface area contributed by atoms with Crippen LogP contribution in [-0.2, 0) is 13.0 Å². The van der Waals surface area contributed by atoms with Crippen LogP contribution >= 0.6 is 11.3 Å². The van der Waals surface area contributed by atoms with Crippen molar-refractivity contribution < 1.29 is 9.84 Å². The smallest absolute Gasteiger partial charge is 0.131 e. The normalized spacial score (nSPS) is 18.1. The second kappa shape index (κ2) is 5.31. The number of rotatable bonds is 3. The van der Waals surface area contributed by atoms with Crippen molar-refractivity contribution in [2.75, 3.05) is 0 Å². The first-order valence-electron chi connectivity index (χ1n) is 6.57. The third kappa shape index (κ3) is 2.80. The van der Waals surface area contributed by atoms with Crippen LogP contribution in [0.25, 0.3) is 0 Å². The van der Waals surface area contributed by atoms with Crippen molar-refractivity contribution in [2.24, 2.45) is 0 Å². The molecule has 0 saturated carbocycles. The van der Waals surface area contributed by atoms with E-state index in [1.54, 1.807) is 11.3 Å². The lowest BCUT2D eigenvalue weighted by Crippen LogP contribution is -2.09. The zero-order valence-electron chi connectivity index (χ0n) is 10.9. The molecule has 0 fully saturated rings. The summed E-state index contributed by atoms with van der Waals surface area (Å²) in [6, 6.07) is 5.98. The fourth-order valence-corrected chi connectivity index (χ4v) is 3.08. The van der Waals surface area contributed by atoms with Gasteiger partial charge >= 0.3 is 0 Å². The van der Waals surface area contributed by atoms with Crippen LogP contribution in [0.5, 0.6) is 5.75 Å². The SMILES string of the molecule is Cc1nc(COc2ccc3c(c2)CCCC3O)cs1.